The largest absolute Gasteiger partial charge is 0.356 e. The normalized spacial score (nSPS) is 16.7. The molecule has 0 aliphatic heterocycles. The molecular weight excluding hydrogens is 276 g/mol. The van der Waals surface area contributed by atoms with E-state index in [0.29, 0.717) is 0 Å². The molecule has 0 saturated heterocycles. The first kappa shape index (κ1) is 16.8. The zero-order valence-corrected chi connectivity index (χ0v) is 14.0. The van der Waals surface area contributed by atoms with Crippen LogP contribution in [0.5, 0.6) is 0 Å². The van der Waals surface area contributed by atoms with E-state index < -0.39 is 0 Å². The van der Waals surface area contributed by atoms with Gasteiger partial charge in [-0.05, 0) is 12.3 Å². The third-order valence-corrected chi connectivity index (χ3v) is 4.45. The van der Waals surface area contributed by atoms with E-state index in [0.717, 1.165) is 43.8 Å². The second-order valence-electron chi connectivity index (χ2n) is 6.01. The number of nitrogens with zero attached hydrogens (tertiary/aromatic N) is 4. The summed E-state index contributed by atoms with van der Waals surface area (Å²) in [5, 5.41) is 14.8. The van der Waals surface area contributed by atoms with Crippen LogP contribution in [0.15, 0.2) is 11.3 Å². The van der Waals surface area contributed by atoms with Gasteiger partial charge in [-0.1, -0.05) is 39.0 Å². The number of aryl methyl sites for hydroxylation is 1. The first-order valence-corrected chi connectivity index (χ1v) is 8.64. The van der Waals surface area contributed by atoms with E-state index in [1.165, 1.54) is 38.5 Å². The molecule has 0 atom stereocenters. The first-order valence-electron chi connectivity index (χ1n) is 8.64. The van der Waals surface area contributed by atoms with Gasteiger partial charge in [0, 0.05) is 33.1 Å². The minimum Gasteiger partial charge on any atom is -0.356 e. The molecule has 1 fully saturated rings. The van der Waals surface area contributed by atoms with E-state index in [4.69, 9.17) is 0 Å². The van der Waals surface area contributed by atoms with Crippen LogP contribution in [0.4, 0.5) is 0 Å². The Morgan fingerprint density at radius 1 is 1.27 bits per heavy atom. The number of aliphatic imine (C=N–C) groups is 1. The average Bonchev–Trinajstić information content (AvgIpc) is 3.02. The van der Waals surface area contributed by atoms with Gasteiger partial charge in [0.15, 0.2) is 5.96 Å². The molecule has 0 unspecified atom stereocenters. The monoisotopic (exact) mass is 306 g/mol. The SMILES string of the molecule is CCc1nncn1CCNC(=NC)NCCC1CCCCC1. The summed E-state index contributed by atoms with van der Waals surface area (Å²) in [4.78, 5) is 4.29. The zero-order chi connectivity index (χ0) is 15.6. The standard InChI is InChI=1S/C16H30N6/c1-3-15-21-20-13-22(15)12-11-19-16(17-2)18-10-9-14-7-5-4-6-8-14/h13-14H,3-12H2,1-2H3,(H2,17,18,19). The Balaban J connectivity index is 1.62. The van der Waals surface area contributed by atoms with E-state index in [1.54, 1.807) is 6.33 Å². The fourth-order valence-electron chi connectivity index (χ4n) is 3.13. The molecule has 0 aromatic carbocycles. The van der Waals surface area contributed by atoms with E-state index in [9.17, 15) is 0 Å². The van der Waals surface area contributed by atoms with Crippen molar-refractivity contribution in [2.75, 3.05) is 20.1 Å². The summed E-state index contributed by atoms with van der Waals surface area (Å²) in [7, 11) is 1.83. The second kappa shape index (κ2) is 9.43. The topological polar surface area (TPSA) is 67.1 Å². The van der Waals surface area contributed by atoms with Crippen LogP contribution in [0, 0.1) is 5.92 Å². The van der Waals surface area contributed by atoms with E-state index in [-0.39, 0.29) is 0 Å². The minimum absolute atomic E-state index is 0.828. The van der Waals surface area contributed by atoms with Crippen molar-refractivity contribution in [2.24, 2.45) is 10.9 Å². The summed E-state index contributed by atoms with van der Waals surface area (Å²) in [6.45, 7) is 4.80. The molecule has 6 nitrogen and oxygen atoms in total. The predicted octanol–water partition coefficient (Wildman–Crippen LogP) is 1.98. The van der Waals surface area contributed by atoms with Crippen molar-refractivity contribution >= 4 is 5.96 Å². The van der Waals surface area contributed by atoms with Crippen molar-refractivity contribution in [3.05, 3.63) is 12.2 Å². The van der Waals surface area contributed by atoms with Crippen LogP contribution in [0.2, 0.25) is 0 Å². The van der Waals surface area contributed by atoms with Crippen LogP contribution in [0.3, 0.4) is 0 Å². The molecule has 1 aliphatic rings. The predicted molar refractivity (Wildman–Crippen MR) is 90.0 cm³/mol. The minimum atomic E-state index is 0.828. The zero-order valence-electron chi connectivity index (χ0n) is 14.0. The number of hydrogen-bond donors (Lipinski definition) is 2. The molecule has 124 valence electrons. The van der Waals surface area contributed by atoms with Crippen molar-refractivity contribution in [3.8, 4) is 0 Å². The van der Waals surface area contributed by atoms with Crippen molar-refractivity contribution in [2.45, 2.75) is 58.4 Å². The fourth-order valence-corrected chi connectivity index (χ4v) is 3.13. The Hall–Kier alpha value is -1.59. The molecule has 1 aromatic heterocycles. The van der Waals surface area contributed by atoms with Crippen molar-refractivity contribution in [3.63, 3.8) is 0 Å². The summed E-state index contributed by atoms with van der Waals surface area (Å²) in [6, 6.07) is 0. The summed E-state index contributed by atoms with van der Waals surface area (Å²) < 4.78 is 2.09. The fraction of sp³-hybridized carbons (Fsp3) is 0.812. The van der Waals surface area contributed by atoms with Crippen molar-refractivity contribution < 1.29 is 0 Å². The van der Waals surface area contributed by atoms with Crippen molar-refractivity contribution in [1.82, 2.24) is 25.4 Å². The molecule has 6 heteroatoms. The molecule has 0 radical (unpaired) electrons. The summed E-state index contributed by atoms with van der Waals surface area (Å²) >= 11 is 0. The van der Waals surface area contributed by atoms with Crippen LogP contribution in [0.1, 0.15) is 51.3 Å². The maximum atomic E-state index is 4.29. The molecular formula is C16H30N6. The average molecular weight is 306 g/mol. The van der Waals surface area contributed by atoms with Crippen LogP contribution in [-0.2, 0) is 13.0 Å². The molecule has 0 spiro atoms. The van der Waals surface area contributed by atoms with Crippen molar-refractivity contribution in [1.29, 1.82) is 0 Å². The van der Waals surface area contributed by atoms with Gasteiger partial charge in [-0.2, -0.15) is 0 Å². The molecule has 1 saturated carbocycles. The molecule has 0 amide bonds. The van der Waals surface area contributed by atoms with Gasteiger partial charge in [-0.25, -0.2) is 0 Å². The van der Waals surface area contributed by atoms with Gasteiger partial charge in [-0.3, -0.25) is 4.99 Å². The molecule has 2 N–H and O–H groups in total. The lowest BCUT2D eigenvalue weighted by Crippen LogP contribution is -2.39. The van der Waals surface area contributed by atoms with Crippen LogP contribution in [-0.4, -0.2) is 40.9 Å². The quantitative estimate of drug-likeness (QED) is 0.597. The highest BCUT2D eigenvalue weighted by molar-refractivity contribution is 5.79. The van der Waals surface area contributed by atoms with E-state index >= 15 is 0 Å². The van der Waals surface area contributed by atoms with E-state index in [2.05, 4.69) is 37.3 Å². The number of hydrogen-bond acceptors (Lipinski definition) is 3. The maximum absolute atomic E-state index is 4.29. The van der Waals surface area contributed by atoms with E-state index in [1.807, 2.05) is 7.05 Å². The summed E-state index contributed by atoms with van der Waals surface area (Å²) in [6.07, 6.45) is 11.0. The first-order chi connectivity index (χ1) is 10.8. The number of guanidine groups is 1. The lowest BCUT2D eigenvalue weighted by atomic mass is 9.87. The highest BCUT2D eigenvalue weighted by Gasteiger charge is 2.12. The Bertz CT molecular complexity index is 447. The number of aromatic nitrogens is 3. The van der Waals surface area contributed by atoms with Gasteiger partial charge >= 0.3 is 0 Å². The van der Waals surface area contributed by atoms with Gasteiger partial charge in [-0.15, -0.1) is 10.2 Å². The third-order valence-electron chi connectivity index (χ3n) is 4.45. The van der Waals surface area contributed by atoms with Gasteiger partial charge in [0.05, 0.1) is 0 Å². The molecule has 1 heterocycles. The number of rotatable bonds is 7. The molecule has 22 heavy (non-hydrogen) atoms. The Labute approximate surface area is 133 Å². The number of nitrogens with one attached hydrogen (secondary N) is 2. The highest BCUT2D eigenvalue weighted by Crippen LogP contribution is 2.25. The smallest absolute Gasteiger partial charge is 0.191 e. The Morgan fingerprint density at radius 2 is 2.05 bits per heavy atom. The third kappa shape index (κ3) is 5.31. The summed E-state index contributed by atoms with van der Waals surface area (Å²) in [5.41, 5.74) is 0. The highest BCUT2D eigenvalue weighted by atomic mass is 15.3. The van der Waals surface area contributed by atoms with Crippen LogP contribution in [0.25, 0.3) is 0 Å². The Morgan fingerprint density at radius 3 is 2.77 bits per heavy atom. The van der Waals surface area contributed by atoms with Gasteiger partial charge in [0.25, 0.3) is 0 Å². The lowest BCUT2D eigenvalue weighted by Gasteiger charge is -2.22. The molecule has 1 aromatic rings. The second-order valence-corrected chi connectivity index (χ2v) is 6.01. The Kier molecular flexibility index (Phi) is 7.19. The van der Waals surface area contributed by atoms with Crippen LogP contribution < -0.4 is 10.6 Å². The molecule has 0 bridgehead atoms. The summed E-state index contributed by atoms with van der Waals surface area (Å²) in [5.74, 6) is 2.83. The lowest BCUT2D eigenvalue weighted by molar-refractivity contribution is 0.339. The van der Waals surface area contributed by atoms with Gasteiger partial charge in [0.1, 0.15) is 12.2 Å². The van der Waals surface area contributed by atoms with Crippen LogP contribution >= 0.6 is 0 Å². The maximum Gasteiger partial charge on any atom is 0.191 e. The molecule has 1 aliphatic carbocycles. The molecule has 2 rings (SSSR count). The van der Waals surface area contributed by atoms with Gasteiger partial charge in [0.2, 0.25) is 0 Å². The van der Waals surface area contributed by atoms with Gasteiger partial charge < -0.3 is 15.2 Å².